The zero-order chi connectivity index (χ0) is 12.3. The maximum atomic E-state index is 10.6. The quantitative estimate of drug-likeness (QED) is 0.743. The number of nitrogens with zero attached hydrogens (tertiary/aromatic N) is 1. The predicted octanol–water partition coefficient (Wildman–Crippen LogP) is 1.39. The van der Waals surface area contributed by atoms with Gasteiger partial charge in [-0.15, -0.1) is 0 Å². The van der Waals surface area contributed by atoms with Crippen molar-refractivity contribution in [3.8, 4) is 11.5 Å². The van der Waals surface area contributed by atoms with Gasteiger partial charge in [0.15, 0.2) is 0 Å². The van der Waals surface area contributed by atoms with Gasteiger partial charge in [0.25, 0.3) is 0 Å². The minimum atomic E-state index is -1.12. The van der Waals surface area contributed by atoms with Crippen LogP contribution in [0.4, 0.5) is 0 Å². The molecule has 0 saturated carbocycles. The molecule has 1 heterocycles. The van der Waals surface area contributed by atoms with Crippen LogP contribution >= 0.6 is 0 Å². The maximum Gasteiger partial charge on any atom is 0.371 e. The Morgan fingerprint density at radius 2 is 2.29 bits per heavy atom. The first-order valence-electron chi connectivity index (χ1n) is 4.84. The van der Waals surface area contributed by atoms with Gasteiger partial charge < -0.3 is 19.9 Å². The first kappa shape index (κ1) is 11.0. The van der Waals surface area contributed by atoms with Crippen molar-refractivity contribution in [1.82, 2.24) is 9.97 Å². The van der Waals surface area contributed by atoms with E-state index in [1.165, 1.54) is 18.3 Å². The highest BCUT2D eigenvalue weighted by Crippen LogP contribution is 2.18. The van der Waals surface area contributed by atoms with E-state index < -0.39 is 5.97 Å². The van der Waals surface area contributed by atoms with Gasteiger partial charge in [-0.3, -0.25) is 0 Å². The summed E-state index contributed by atoms with van der Waals surface area (Å²) >= 11 is 0. The molecule has 6 heteroatoms. The normalized spacial score (nSPS) is 10.1. The fraction of sp³-hybridized carbons (Fsp3) is 0.0909. The van der Waals surface area contributed by atoms with E-state index in [-0.39, 0.29) is 18.2 Å². The molecule has 1 aromatic heterocycles. The molecule has 0 spiro atoms. The third-order valence-electron chi connectivity index (χ3n) is 2.04. The van der Waals surface area contributed by atoms with Crippen LogP contribution in [-0.4, -0.2) is 26.2 Å². The molecule has 0 fully saturated rings. The number of aromatic hydroxyl groups is 1. The number of rotatable bonds is 4. The molecule has 1 aromatic carbocycles. The van der Waals surface area contributed by atoms with E-state index in [1.807, 2.05) is 0 Å². The number of benzene rings is 1. The van der Waals surface area contributed by atoms with Crippen LogP contribution in [0.2, 0.25) is 0 Å². The number of ether oxygens (including phenoxy) is 1. The zero-order valence-corrected chi connectivity index (χ0v) is 8.75. The molecule has 3 N–H and O–H groups in total. The second-order valence-electron chi connectivity index (χ2n) is 3.35. The first-order valence-corrected chi connectivity index (χ1v) is 4.84. The lowest BCUT2D eigenvalue weighted by atomic mass is 10.3. The molecule has 6 nitrogen and oxygen atoms in total. The molecule has 0 unspecified atom stereocenters. The van der Waals surface area contributed by atoms with Gasteiger partial charge in [-0.25, -0.2) is 9.78 Å². The number of nitrogens with one attached hydrogen (secondary N) is 1. The average molecular weight is 234 g/mol. The summed E-state index contributed by atoms with van der Waals surface area (Å²) in [5.74, 6) is -0.636. The molecule has 0 aliphatic rings. The van der Waals surface area contributed by atoms with Gasteiger partial charge >= 0.3 is 5.97 Å². The molecule has 0 aliphatic heterocycles. The molecule has 0 atom stereocenters. The molecule has 17 heavy (non-hydrogen) atoms. The molecule has 0 radical (unpaired) electrons. The number of aromatic carboxylic acids is 1. The van der Waals surface area contributed by atoms with Crippen LogP contribution < -0.4 is 4.74 Å². The topological polar surface area (TPSA) is 95.4 Å². The minimum Gasteiger partial charge on any atom is -0.508 e. The third kappa shape index (κ3) is 2.75. The highest BCUT2D eigenvalue weighted by Gasteiger charge is 2.07. The Kier molecular flexibility index (Phi) is 2.95. The number of carboxylic acids is 1. The molecule has 2 aromatic rings. The minimum absolute atomic E-state index is 0.110. The van der Waals surface area contributed by atoms with E-state index in [0.29, 0.717) is 11.4 Å². The largest absolute Gasteiger partial charge is 0.508 e. The van der Waals surface area contributed by atoms with Crippen LogP contribution in [0, 0.1) is 0 Å². The number of imidazole rings is 1. The molecule has 0 aliphatic carbocycles. The van der Waals surface area contributed by atoms with Crippen molar-refractivity contribution in [2.45, 2.75) is 6.61 Å². The number of hydrogen-bond donors (Lipinski definition) is 3. The maximum absolute atomic E-state index is 10.6. The Morgan fingerprint density at radius 1 is 1.47 bits per heavy atom. The number of phenolic OH excluding ortho intramolecular Hbond substituents is 1. The second-order valence-corrected chi connectivity index (χ2v) is 3.35. The number of carbonyl (C=O) groups is 1. The zero-order valence-electron chi connectivity index (χ0n) is 8.75. The third-order valence-corrected chi connectivity index (χ3v) is 2.04. The summed E-state index contributed by atoms with van der Waals surface area (Å²) in [6, 6.07) is 6.34. The summed E-state index contributed by atoms with van der Waals surface area (Å²) < 4.78 is 5.34. The van der Waals surface area contributed by atoms with E-state index >= 15 is 0 Å². The predicted molar refractivity (Wildman–Crippen MR) is 58.0 cm³/mol. The van der Waals surface area contributed by atoms with Crippen LogP contribution in [0.25, 0.3) is 0 Å². The van der Waals surface area contributed by atoms with Crippen molar-refractivity contribution in [1.29, 1.82) is 0 Å². The van der Waals surface area contributed by atoms with Crippen molar-refractivity contribution in [2.75, 3.05) is 0 Å². The number of H-pyrrole nitrogens is 1. The van der Waals surface area contributed by atoms with Gasteiger partial charge in [-0.1, -0.05) is 6.07 Å². The Balaban J connectivity index is 2.00. The van der Waals surface area contributed by atoms with Crippen LogP contribution in [0.15, 0.2) is 30.5 Å². The summed E-state index contributed by atoms with van der Waals surface area (Å²) in [6.45, 7) is 0.156. The van der Waals surface area contributed by atoms with Crippen molar-refractivity contribution >= 4 is 5.97 Å². The van der Waals surface area contributed by atoms with Gasteiger partial charge in [-0.05, 0) is 12.1 Å². The van der Waals surface area contributed by atoms with E-state index in [4.69, 9.17) is 9.84 Å². The lowest BCUT2D eigenvalue weighted by Gasteiger charge is -2.04. The lowest BCUT2D eigenvalue weighted by molar-refractivity contribution is 0.0684. The van der Waals surface area contributed by atoms with Gasteiger partial charge in [0, 0.05) is 6.07 Å². The second kappa shape index (κ2) is 4.56. The summed E-state index contributed by atoms with van der Waals surface area (Å²) in [6.07, 6.45) is 1.40. The van der Waals surface area contributed by atoms with Crippen molar-refractivity contribution < 1.29 is 19.7 Å². The number of carboxylic acid groups (broad SMARTS) is 1. The highest BCUT2D eigenvalue weighted by molar-refractivity contribution is 5.83. The van der Waals surface area contributed by atoms with Gasteiger partial charge in [-0.2, -0.15) is 0 Å². The summed E-state index contributed by atoms with van der Waals surface area (Å²) in [5, 5.41) is 17.9. The van der Waals surface area contributed by atoms with Crippen LogP contribution in [0.1, 0.15) is 16.3 Å². The monoisotopic (exact) mass is 234 g/mol. The number of aromatic amines is 1. The Labute approximate surface area is 96.5 Å². The Morgan fingerprint density at radius 3 is 2.94 bits per heavy atom. The molecule has 0 saturated heterocycles. The highest BCUT2D eigenvalue weighted by atomic mass is 16.5. The standard InChI is InChI=1S/C11H10N2O4/c14-8-2-1-3-9(4-8)17-6-7-5-12-10(13-7)11(15)16/h1-5,14H,6H2,(H,12,13)(H,15,16). The summed E-state index contributed by atoms with van der Waals surface area (Å²) in [7, 11) is 0. The molecular weight excluding hydrogens is 224 g/mol. The van der Waals surface area contributed by atoms with Gasteiger partial charge in [0.2, 0.25) is 5.82 Å². The first-order chi connectivity index (χ1) is 8.15. The Bertz CT molecular complexity index is 536. The van der Waals surface area contributed by atoms with E-state index in [2.05, 4.69) is 9.97 Å². The van der Waals surface area contributed by atoms with Gasteiger partial charge in [0.05, 0.1) is 11.9 Å². The fourth-order valence-corrected chi connectivity index (χ4v) is 1.28. The molecule has 0 bridgehead atoms. The lowest BCUT2D eigenvalue weighted by Crippen LogP contribution is -2.00. The van der Waals surface area contributed by atoms with Gasteiger partial charge in [0.1, 0.15) is 18.1 Å². The van der Waals surface area contributed by atoms with E-state index in [1.54, 1.807) is 12.1 Å². The van der Waals surface area contributed by atoms with Crippen molar-refractivity contribution in [2.24, 2.45) is 0 Å². The van der Waals surface area contributed by atoms with Crippen molar-refractivity contribution in [3.63, 3.8) is 0 Å². The molecule has 88 valence electrons. The van der Waals surface area contributed by atoms with Crippen LogP contribution in [-0.2, 0) is 6.61 Å². The number of phenols is 1. The van der Waals surface area contributed by atoms with Crippen LogP contribution in [0.3, 0.4) is 0 Å². The van der Waals surface area contributed by atoms with Crippen molar-refractivity contribution in [3.05, 3.63) is 42.0 Å². The number of aromatic nitrogens is 2. The van der Waals surface area contributed by atoms with Crippen LogP contribution in [0.5, 0.6) is 11.5 Å². The molecule has 0 amide bonds. The van der Waals surface area contributed by atoms with E-state index in [0.717, 1.165) is 0 Å². The molecule has 2 rings (SSSR count). The molecular formula is C11H10N2O4. The average Bonchev–Trinajstić information content (AvgIpc) is 2.75. The SMILES string of the molecule is O=C(O)c1ncc(COc2cccc(O)c2)[nH]1. The van der Waals surface area contributed by atoms with E-state index in [9.17, 15) is 9.90 Å². The smallest absolute Gasteiger partial charge is 0.371 e. The summed E-state index contributed by atoms with van der Waals surface area (Å²) in [5.41, 5.74) is 0.547. The fourth-order valence-electron chi connectivity index (χ4n) is 1.28. The number of hydrogen-bond acceptors (Lipinski definition) is 4. The summed E-state index contributed by atoms with van der Waals surface area (Å²) in [4.78, 5) is 16.8. The Hall–Kier alpha value is -2.50.